The summed E-state index contributed by atoms with van der Waals surface area (Å²) in [7, 11) is 0. The van der Waals surface area contributed by atoms with Gasteiger partial charge in [0.15, 0.2) is 0 Å². The van der Waals surface area contributed by atoms with Crippen LogP contribution in [0, 0.1) is 0 Å². The maximum Gasteiger partial charge on any atom is 0.0832 e. The van der Waals surface area contributed by atoms with E-state index in [0.717, 1.165) is 27.7 Å². The fourth-order valence-corrected chi connectivity index (χ4v) is 6.64. The van der Waals surface area contributed by atoms with Crippen LogP contribution in [0.4, 0.5) is 11.4 Å². The Kier molecular flexibility index (Phi) is 6.95. The van der Waals surface area contributed by atoms with E-state index < -0.39 is 0 Å². The third-order valence-corrected chi connectivity index (χ3v) is 7.98. The molecule has 150 valence electrons. The molecule has 2 aromatic carbocycles. The SMILES string of the molecule is CC.c1cc(Nc2ccc3scnc3c2)c2cc(SC3CCSCC3)ccc2n1. The highest BCUT2D eigenvalue weighted by Gasteiger charge is 2.15. The number of anilines is 2. The Morgan fingerprint density at radius 2 is 1.83 bits per heavy atom. The zero-order valence-corrected chi connectivity index (χ0v) is 19.2. The van der Waals surface area contributed by atoms with Crippen molar-refractivity contribution in [2.24, 2.45) is 0 Å². The molecule has 1 N–H and O–H groups in total. The van der Waals surface area contributed by atoms with Crippen LogP contribution in [0.15, 0.2) is 59.1 Å². The molecule has 1 aliphatic heterocycles. The van der Waals surface area contributed by atoms with Gasteiger partial charge in [0.2, 0.25) is 0 Å². The van der Waals surface area contributed by atoms with Crippen LogP contribution in [0.1, 0.15) is 26.7 Å². The molecule has 3 nitrogen and oxygen atoms in total. The molecule has 0 bridgehead atoms. The fraction of sp³-hybridized carbons (Fsp3) is 0.304. The molecule has 2 aromatic heterocycles. The minimum atomic E-state index is 0.740. The van der Waals surface area contributed by atoms with Gasteiger partial charge in [0, 0.05) is 33.1 Å². The van der Waals surface area contributed by atoms with E-state index in [1.807, 2.05) is 37.3 Å². The van der Waals surface area contributed by atoms with E-state index in [-0.39, 0.29) is 0 Å². The molecule has 3 heterocycles. The molecule has 4 aromatic rings. The molecule has 0 aliphatic carbocycles. The smallest absolute Gasteiger partial charge is 0.0832 e. The quantitative estimate of drug-likeness (QED) is 0.354. The molecular formula is C23H25N3S3. The highest BCUT2D eigenvalue weighted by Crippen LogP contribution is 2.36. The van der Waals surface area contributed by atoms with Gasteiger partial charge in [0.05, 0.1) is 21.2 Å². The van der Waals surface area contributed by atoms with Crippen molar-refractivity contribution < 1.29 is 0 Å². The van der Waals surface area contributed by atoms with Crippen molar-refractivity contribution in [3.05, 3.63) is 54.2 Å². The largest absolute Gasteiger partial charge is 0.355 e. The number of thiazole rings is 1. The first-order valence-electron chi connectivity index (χ1n) is 10.1. The second-order valence-electron chi connectivity index (χ2n) is 6.63. The van der Waals surface area contributed by atoms with Gasteiger partial charge in [-0.25, -0.2) is 4.98 Å². The van der Waals surface area contributed by atoms with Crippen LogP contribution in [-0.2, 0) is 0 Å². The van der Waals surface area contributed by atoms with Gasteiger partial charge in [-0.15, -0.1) is 23.1 Å². The molecule has 1 aliphatic rings. The third-order valence-electron chi connectivity index (χ3n) is 4.79. The highest BCUT2D eigenvalue weighted by molar-refractivity contribution is 8.01. The van der Waals surface area contributed by atoms with E-state index in [1.54, 1.807) is 11.3 Å². The maximum absolute atomic E-state index is 4.55. The van der Waals surface area contributed by atoms with E-state index in [1.165, 1.54) is 39.3 Å². The van der Waals surface area contributed by atoms with Gasteiger partial charge in [0.25, 0.3) is 0 Å². The van der Waals surface area contributed by atoms with Crippen LogP contribution in [0.3, 0.4) is 0 Å². The van der Waals surface area contributed by atoms with E-state index in [2.05, 4.69) is 69.5 Å². The van der Waals surface area contributed by atoms with Gasteiger partial charge < -0.3 is 5.32 Å². The highest BCUT2D eigenvalue weighted by atomic mass is 32.2. The minimum absolute atomic E-state index is 0.740. The fourth-order valence-electron chi connectivity index (χ4n) is 3.39. The average molecular weight is 440 g/mol. The summed E-state index contributed by atoms with van der Waals surface area (Å²) in [6.45, 7) is 4.00. The summed E-state index contributed by atoms with van der Waals surface area (Å²) in [6.07, 6.45) is 4.48. The first-order chi connectivity index (χ1) is 14.3. The molecule has 5 rings (SSSR count). The Morgan fingerprint density at radius 3 is 2.69 bits per heavy atom. The third kappa shape index (κ3) is 4.87. The van der Waals surface area contributed by atoms with Crippen LogP contribution in [0.2, 0.25) is 0 Å². The predicted octanol–water partition coefficient (Wildman–Crippen LogP) is 7.60. The summed E-state index contributed by atoms with van der Waals surface area (Å²) in [6, 6.07) is 15.1. The topological polar surface area (TPSA) is 37.8 Å². The molecular weight excluding hydrogens is 414 g/mol. The van der Waals surface area contributed by atoms with Crippen molar-refractivity contribution in [1.82, 2.24) is 9.97 Å². The van der Waals surface area contributed by atoms with Gasteiger partial charge in [-0.2, -0.15) is 11.8 Å². The Bertz CT molecular complexity index is 1090. The zero-order chi connectivity index (χ0) is 20.1. The van der Waals surface area contributed by atoms with E-state index >= 15 is 0 Å². The summed E-state index contributed by atoms with van der Waals surface area (Å²) in [4.78, 5) is 10.3. The van der Waals surface area contributed by atoms with Crippen LogP contribution >= 0.6 is 34.9 Å². The van der Waals surface area contributed by atoms with Gasteiger partial charge in [-0.1, -0.05) is 13.8 Å². The van der Waals surface area contributed by atoms with Crippen LogP contribution in [0.25, 0.3) is 21.1 Å². The van der Waals surface area contributed by atoms with Crippen molar-refractivity contribution in [3.63, 3.8) is 0 Å². The number of benzene rings is 2. The summed E-state index contributed by atoms with van der Waals surface area (Å²) < 4.78 is 1.21. The minimum Gasteiger partial charge on any atom is -0.355 e. The number of thioether (sulfide) groups is 2. The number of rotatable bonds is 4. The zero-order valence-electron chi connectivity index (χ0n) is 16.7. The number of nitrogens with zero attached hydrogens (tertiary/aromatic N) is 2. The average Bonchev–Trinajstić information content (AvgIpc) is 3.24. The first kappa shape index (κ1) is 20.5. The van der Waals surface area contributed by atoms with Crippen LogP contribution in [-0.4, -0.2) is 26.7 Å². The Balaban J connectivity index is 0.000000994. The Morgan fingerprint density at radius 1 is 0.966 bits per heavy atom. The predicted molar refractivity (Wildman–Crippen MR) is 132 cm³/mol. The molecule has 0 atom stereocenters. The number of hydrogen-bond acceptors (Lipinski definition) is 6. The molecule has 0 spiro atoms. The van der Waals surface area contributed by atoms with E-state index in [9.17, 15) is 0 Å². The van der Waals surface area contributed by atoms with Crippen molar-refractivity contribution in [2.45, 2.75) is 36.8 Å². The molecule has 1 saturated heterocycles. The van der Waals surface area contributed by atoms with Crippen LogP contribution in [0.5, 0.6) is 0 Å². The second-order valence-corrected chi connectivity index (χ2v) is 10.1. The second kappa shape index (κ2) is 9.83. The molecule has 0 unspecified atom stereocenters. The lowest BCUT2D eigenvalue weighted by atomic mass is 10.2. The summed E-state index contributed by atoms with van der Waals surface area (Å²) >= 11 is 5.77. The molecule has 1 fully saturated rings. The monoisotopic (exact) mass is 439 g/mol. The van der Waals surface area contributed by atoms with Crippen molar-refractivity contribution in [1.29, 1.82) is 0 Å². The lowest BCUT2D eigenvalue weighted by Crippen LogP contribution is -2.11. The maximum atomic E-state index is 4.55. The molecule has 0 radical (unpaired) electrons. The molecule has 6 heteroatoms. The van der Waals surface area contributed by atoms with E-state index in [4.69, 9.17) is 0 Å². The Labute approximate surface area is 184 Å². The first-order valence-corrected chi connectivity index (χ1v) is 13.0. The number of hydrogen-bond donors (Lipinski definition) is 1. The Hall–Kier alpha value is -1.76. The number of pyridine rings is 1. The van der Waals surface area contributed by atoms with Gasteiger partial charge in [0.1, 0.15) is 0 Å². The van der Waals surface area contributed by atoms with Crippen molar-refractivity contribution in [2.75, 3.05) is 16.8 Å². The van der Waals surface area contributed by atoms with Crippen molar-refractivity contribution >= 4 is 67.4 Å². The number of aromatic nitrogens is 2. The van der Waals surface area contributed by atoms with Gasteiger partial charge in [-0.05, 0) is 66.8 Å². The lowest BCUT2D eigenvalue weighted by molar-refractivity contribution is 0.785. The van der Waals surface area contributed by atoms with Crippen molar-refractivity contribution in [3.8, 4) is 0 Å². The summed E-state index contributed by atoms with van der Waals surface area (Å²) in [5.74, 6) is 2.58. The van der Waals surface area contributed by atoms with Gasteiger partial charge >= 0.3 is 0 Å². The summed E-state index contributed by atoms with van der Waals surface area (Å²) in [5.41, 5.74) is 6.11. The van der Waals surface area contributed by atoms with Gasteiger partial charge in [-0.3, -0.25) is 4.98 Å². The van der Waals surface area contributed by atoms with Crippen LogP contribution < -0.4 is 5.32 Å². The number of fused-ring (bicyclic) bond motifs is 2. The lowest BCUT2D eigenvalue weighted by Gasteiger charge is -2.21. The number of nitrogens with one attached hydrogen (secondary N) is 1. The van der Waals surface area contributed by atoms with E-state index in [0.29, 0.717) is 0 Å². The molecule has 0 amide bonds. The molecule has 0 saturated carbocycles. The summed E-state index contributed by atoms with van der Waals surface area (Å²) in [5, 5.41) is 5.48. The molecule has 29 heavy (non-hydrogen) atoms. The standard InChI is InChI=1S/C21H19N3S3.C2H6/c1-4-21-20(23-13-26-21)11-14(1)24-19-5-8-22-18-3-2-16(12-17(18)19)27-15-6-9-25-10-7-15;1-2/h1-5,8,11-13,15H,6-7,9-10H2,(H,22,24);1-2H3. The normalized spacial score (nSPS) is 14.6.